The summed E-state index contributed by atoms with van der Waals surface area (Å²) >= 11 is 0. The van der Waals surface area contributed by atoms with E-state index in [4.69, 9.17) is 5.73 Å². The predicted molar refractivity (Wildman–Crippen MR) is 86.7 cm³/mol. The summed E-state index contributed by atoms with van der Waals surface area (Å²) < 4.78 is 0. The average molecular weight is 288 g/mol. The van der Waals surface area contributed by atoms with Crippen LogP contribution in [0, 0.1) is 0 Å². The van der Waals surface area contributed by atoms with Crippen LogP contribution in [-0.2, 0) is 11.2 Å². The quantitative estimate of drug-likeness (QED) is 0.813. The van der Waals surface area contributed by atoms with Gasteiger partial charge in [-0.1, -0.05) is 6.92 Å². The SMILES string of the molecule is CCC1CN(C)CCCN1c1cc2c(cc1N)CC(=O)N2. The van der Waals surface area contributed by atoms with E-state index in [1.807, 2.05) is 6.07 Å². The Morgan fingerprint density at radius 3 is 2.95 bits per heavy atom. The number of nitrogens with one attached hydrogen (secondary N) is 1. The van der Waals surface area contributed by atoms with Gasteiger partial charge in [0.1, 0.15) is 0 Å². The third-order valence-electron chi connectivity index (χ3n) is 4.56. The molecule has 114 valence electrons. The van der Waals surface area contributed by atoms with Crippen molar-refractivity contribution >= 4 is 23.0 Å². The molecule has 0 saturated carbocycles. The highest BCUT2D eigenvalue weighted by molar-refractivity contribution is 6.01. The number of hydrogen-bond donors (Lipinski definition) is 2. The molecule has 3 rings (SSSR count). The molecule has 1 atom stereocenters. The lowest BCUT2D eigenvalue weighted by Crippen LogP contribution is -2.40. The third kappa shape index (κ3) is 2.70. The van der Waals surface area contributed by atoms with Crippen molar-refractivity contribution in [2.24, 2.45) is 0 Å². The Morgan fingerprint density at radius 2 is 2.19 bits per heavy atom. The number of nitrogens with zero attached hydrogens (tertiary/aromatic N) is 2. The molecule has 0 spiro atoms. The Labute approximate surface area is 126 Å². The van der Waals surface area contributed by atoms with Crippen LogP contribution in [0.25, 0.3) is 0 Å². The minimum atomic E-state index is 0.0594. The molecule has 5 heteroatoms. The summed E-state index contributed by atoms with van der Waals surface area (Å²) in [5.41, 5.74) is 10.1. The number of nitrogens with two attached hydrogens (primary N) is 1. The first-order valence-corrected chi connectivity index (χ1v) is 7.76. The van der Waals surface area contributed by atoms with Gasteiger partial charge in [0.05, 0.1) is 17.8 Å². The van der Waals surface area contributed by atoms with Gasteiger partial charge >= 0.3 is 0 Å². The third-order valence-corrected chi connectivity index (χ3v) is 4.56. The average Bonchev–Trinajstić information content (AvgIpc) is 2.68. The second kappa shape index (κ2) is 5.56. The zero-order chi connectivity index (χ0) is 15.0. The standard InChI is InChI=1S/C16H24N4O/c1-3-12-10-19(2)5-4-6-20(12)15-9-14-11(7-13(15)17)8-16(21)18-14/h7,9,12H,3-6,8,10,17H2,1-2H3,(H,18,21). The Hall–Kier alpha value is -1.75. The summed E-state index contributed by atoms with van der Waals surface area (Å²) in [6, 6.07) is 4.49. The Morgan fingerprint density at radius 1 is 1.38 bits per heavy atom. The lowest BCUT2D eigenvalue weighted by molar-refractivity contribution is -0.115. The van der Waals surface area contributed by atoms with E-state index < -0.39 is 0 Å². The highest BCUT2D eigenvalue weighted by Gasteiger charge is 2.26. The van der Waals surface area contributed by atoms with Crippen molar-refractivity contribution in [1.29, 1.82) is 0 Å². The fourth-order valence-corrected chi connectivity index (χ4v) is 3.44. The molecular formula is C16H24N4O. The molecule has 1 aromatic rings. The van der Waals surface area contributed by atoms with Crippen LogP contribution in [0.4, 0.5) is 17.1 Å². The van der Waals surface area contributed by atoms with Gasteiger partial charge in [0.2, 0.25) is 5.91 Å². The van der Waals surface area contributed by atoms with E-state index in [1.165, 1.54) is 0 Å². The minimum absolute atomic E-state index is 0.0594. The van der Waals surface area contributed by atoms with Gasteiger partial charge in [-0.25, -0.2) is 0 Å². The fourth-order valence-electron chi connectivity index (χ4n) is 3.44. The molecule has 2 aliphatic rings. The van der Waals surface area contributed by atoms with Gasteiger partial charge in [0, 0.05) is 24.8 Å². The van der Waals surface area contributed by atoms with E-state index in [9.17, 15) is 4.79 Å². The van der Waals surface area contributed by atoms with Crippen LogP contribution in [-0.4, -0.2) is 43.5 Å². The summed E-state index contributed by atoms with van der Waals surface area (Å²) in [5.74, 6) is 0.0594. The van der Waals surface area contributed by atoms with Crippen molar-refractivity contribution in [3.63, 3.8) is 0 Å². The van der Waals surface area contributed by atoms with E-state index in [0.29, 0.717) is 12.5 Å². The zero-order valence-electron chi connectivity index (χ0n) is 12.9. The summed E-state index contributed by atoms with van der Waals surface area (Å²) in [5, 5.41) is 2.93. The van der Waals surface area contributed by atoms with Gasteiger partial charge in [-0.15, -0.1) is 0 Å². The number of carbonyl (C=O) groups is 1. The molecule has 2 heterocycles. The number of benzene rings is 1. The first kappa shape index (κ1) is 14.2. The largest absolute Gasteiger partial charge is 0.397 e. The maximum atomic E-state index is 11.5. The second-order valence-corrected chi connectivity index (χ2v) is 6.16. The Bertz CT molecular complexity index is 557. The molecule has 0 radical (unpaired) electrons. The highest BCUT2D eigenvalue weighted by atomic mass is 16.1. The number of amides is 1. The molecule has 3 N–H and O–H groups in total. The van der Waals surface area contributed by atoms with Gasteiger partial charge in [0.15, 0.2) is 0 Å². The van der Waals surface area contributed by atoms with Crippen LogP contribution >= 0.6 is 0 Å². The van der Waals surface area contributed by atoms with Crippen LogP contribution in [0.15, 0.2) is 12.1 Å². The summed E-state index contributed by atoms with van der Waals surface area (Å²) in [6.07, 6.45) is 2.67. The Balaban J connectivity index is 1.95. The molecule has 1 aromatic carbocycles. The van der Waals surface area contributed by atoms with E-state index in [0.717, 1.165) is 55.1 Å². The van der Waals surface area contributed by atoms with Gasteiger partial charge in [-0.05, 0) is 44.1 Å². The zero-order valence-corrected chi connectivity index (χ0v) is 12.9. The summed E-state index contributed by atoms with van der Waals surface area (Å²) in [6.45, 7) is 5.41. The van der Waals surface area contributed by atoms with E-state index >= 15 is 0 Å². The predicted octanol–water partition coefficient (Wildman–Crippen LogP) is 1.68. The van der Waals surface area contributed by atoms with Gasteiger partial charge in [0.25, 0.3) is 0 Å². The monoisotopic (exact) mass is 288 g/mol. The number of carbonyl (C=O) groups excluding carboxylic acids is 1. The van der Waals surface area contributed by atoms with Gasteiger partial charge in [-0.2, -0.15) is 0 Å². The first-order chi connectivity index (χ1) is 10.1. The number of likely N-dealkylation sites (N-methyl/N-ethyl adjacent to an activating group) is 1. The normalized spacial score (nSPS) is 22.9. The Kier molecular flexibility index (Phi) is 3.76. The lowest BCUT2D eigenvalue weighted by atomic mass is 10.1. The van der Waals surface area contributed by atoms with Gasteiger partial charge in [-0.3, -0.25) is 4.79 Å². The smallest absolute Gasteiger partial charge is 0.228 e. The number of anilines is 3. The molecule has 0 bridgehead atoms. The number of rotatable bonds is 2. The van der Waals surface area contributed by atoms with Crippen LogP contribution in [0.2, 0.25) is 0 Å². The molecule has 1 fully saturated rings. The number of hydrogen-bond acceptors (Lipinski definition) is 4. The molecule has 2 aliphatic heterocycles. The van der Waals surface area contributed by atoms with Crippen molar-refractivity contribution in [3.8, 4) is 0 Å². The van der Waals surface area contributed by atoms with Crippen LogP contribution in [0.3, 0.4) is 0 Å². The number of fused-ring (bicyclic) bond motifs is 1. The van der Waals surface area contributed by atoms with Crippen molar-refractivity contribution in [2.45, 2.75) is 32.2 Å². The molecule has 1 amide bonds. The fraction of sp³-hybridized carbons (Fsp3) is 0.562. The van der Waals surface area contributed by atoms with Crippen molar-refractivity contribution in [2.75, 3.05) is 42.6 Å². The highest BCUT2D eigenvalue weighted by Crippen LogP contribution is 2.35. The number of nitrogen functional groups attached to an aromatic ring is 1. The molecular weight excluding hydrogens is 264 g/mol. The second-order valence-electron chi connectivity index (χ2n) is 6.16. The summed E-state index contributed by atoms with van der Waals surface area (Å²) in [4.78, 5) is 16.4. The van der Waals surface area contributed by atoms with E-state index in [-0.39, 0.29) is 5.91 Å². The molecule has 5 nitrogen and oxygen atoms in total. The molecule has 1 saturated heterocycles. The van der Waals surface area contributed by atoms with Crippen LogP contribution in [0.5, 0.6) is 0 Å². The minimum Gasteiger partial charge on any atom is -0.397 e. The maximum Gasteiger partial charge on any atom is 0.228 e. The van der Waals surface area contributed by atoms with Crippen molar-refractivity contribution in [1.82, 2.24) is 4.90 Å². The summed E-state index contributed by atoms with van der Waals surface area (Å²) in [7, 11) is 2.18. The van der Waals surface area contributed by atoms with E-state index in [2.05, 4.69) is 35.2 Å². The van der Waals surface area contributed by atoms with Crippen molar-refractivity contribution < 1.29 is 4.79 Å². The molecule has 1 unspecified atom stereocenters. The topological polar surface area (TPSA) is 61.6 Å². The first-order valence-electron chi connectivity index (χ1n) is 7.76. The van der Waals surface area contributed by atoms with Crippen molar-refractivity contribution in [3.05, 3.63) is 17.7 Å². The molecule has 0 aliphatic carbocycles. The lowest BCUT2D eigenvalue weighted by Gasteiger charge is -2.33. The van der Waals surface area contributed by atoms with Gasteiger partial charge < -0.3 is 20.9 Å². The molecule has 0 aromatic heterocycles. The molecule has 21 heavy (non-hydrogen) atoms. The van der Waals surface area contributed by atoms with Crippen LogP contribution < -0.4 is 16.0 Å². The van der Waals surface area contributed by atoms with Crippen LogP contribution in [0.1, 0.15) is 25.3 Å². The maximum absolute atomic E-state index is 11.5. The van der Waals surface area contributed by atoms with E-state index in [1.54, 1.807) is 0 Å².